The zero-order valence-electron chi connectivity index (χ0n) is 33.3. The van der Waals surface area contributed by atoms with Crippen LogP contribution < -0.4 is 0 Å². The number of hydrogen-bond acceptors (Lipinski definition) is 4. The molecule has 13 aromatic rings. The van der Waals surface area contributed by atoms with Crippen molar-refractivity contribution in [2.45, 2.75) is 0 Å². The first kappa shape index (κ1) is 34.5. The summed E-state index contributed by atoms with van der Waals surface area (Å²) >= 11 is 0. The third-order valence-electron chi connectivity index (χ3n) is 12.4. The molecule has 3 aromatic heterocycles. The summed E-state index contributed by atoms with van der Waals surface area (Å²) in [4.78, 5) is 15.5. The first-order valence-corrected chi connectivity index (χ1v) is 20.9. The van der Waals surface area contributed by atoms with E-state index in [2.05, 4.69) is 150 Å². The molecule has 0 aliphatic carbocycles. The summed E-state index contributed by atoms with van der Waals surface area (Å²) < 4.78 is 8.65. The van der Waals surface area contributed by atoms with Crippen molar-refractivity contribution in [2.75, 3.05) is 0 Å². The smallest absolute Gasteiger partial charge is 0.164 e. The first-order valence-electron chi connectivity index (χ1n) is 20.9. The topological polar surface area (TPSA) is 56.7 Å². The maximum absolute atomic E-state index is 6.29. The van der Waals surface area contributed by atoms with E-state index >= 15 is 0 Å². The van der Waals surface area contributed by atoms with E-state index in [1.54, 1.807) is 0 Å². The summed E-state index contributed by atoms with van der Waals surface area (Å²) in [5, 5.41) is 11.6. The Bertz CT molecular complexity index is 3920. The number of rotatable bonds is 5. The Morgan fingerprint density at radius 1 is 0.306 bits per heavy atom. The van der Waals surface area contributed by atoms with E-state index in [9.17, 15) is 0 Å². The Balaban J connectivity index is 1.00. The average Bonchev–Trinajstić information content (AvgIpc) is 3.90. The number of fused-ring (bicyclic) bond motifs is 12. The van der Waals surface area contributed by atoms with E-state index in [1.165, 1.54) is 59.9 Å². The molecule has 0 amide bonds. The maximum Gasteiger partial charge on any atom is 0.164 e. The third-order valence-corrected chi connectivity index (χ3v) is 12.4. The highest BCUT2D eigenvalue weighted by Crippen LogP contribution is 2.41. The molecule has 13 rings (SSSR count). The van der Waals surface area contributed by atoms with Gasteiger partial charge in [0.1, 0.15) is 11.2 Å². The van der Waals surface area contributed by atoms with Crippen LogP contribution in [0.25, 0.3) is 127 Å². The molecule has 0 unspecified atom stereocenters. The van der Waals surface area contributed by atoms with Gasteiger partial charge < -0.3 is 8.98 Å². The fourth-order valence-corrected chi connectivity index (χ4v) is 9.59. The van der Waals surface area contributed by atoms with Crippen molar-refractivity contribution in [3.8, 4) is 51.0 Å². The molecule has 0 saturated heterocycles. The lowest BCUT2D eigenvalue weighted by atomic mass is 9.91. The van der Waals surface area contributed by atoms with Crippen LogP contribution >= 0.6 is 0 Å². The largest absolute Gasteiger partial charge is 0.456 e. The van der Waals surface area contributed by atoms with Crippen LogP contribution in [0.4, 0.5) is 0 Å². The molecule has 0 radical (unpaired) electrons. The monoisotopic (exact) mass is 790 g/mol. The first-order chi connectivity index (χ1) is 30.7. The second-order valence-electron chi connectivity index (χ2n) is 15.9. The highest BCUT2D eigenvalue weighted by molar-refractivity contribution is 6.26. The SMILES string of the molecule is c1ccc(-c2nc(-c3ccc4c5ccccc5c5cc(-c6ccc7c(c6)c6ccccc6n7-c6ccccc6)ccc5c4c3)nc(-c3cccc4oc5ccccc5c34)n2)cc1. The number of furan rings is 1. The quantitative estimate of drug-likeness (QED) is 0.163. The molecular weight excluding hydrogens is 757 g/mol. The fourth-order valence-electron chi connectivity index (χ4n) is 9.59. The summed E-state index contributed by atoms with van der Waals surface area (Å²) in [7, 11) is 0. The average molecular weight is 791 g/mol. The van der Waals surface area contributed by atoms with Gasteiger partial charge in [-0.05, 0) is 98.0 Å². The van der Waals surface area contributed by atoms with Crippen LogP contribution in [-0.2, 0) is 0 Å². The van der Waals surface area contributed by atoms with Gasteiger partial charge in [0.15, 0.2) is 17.5 Å². The van der Waals surface area contributed by atoms with Crippen molar-refractivity contribution >= 4 is 76.1 Å². The number of hydrogen-bond donors (Lipinski definition) is 0. The number of nitrogens with zero attached hydrogens (tertiary/aromatic N) is 4. The van der Waals surface area contributed by atoms with Gasteiger partial charge in [0.05, 0.1) is 11.0 Å². The minimum Gasteiger partial charge on any atom is -0.456 e. The van der Waals surface area contributed by atoms with Gasteiger partial charge in [0, 0.05) is 43.9 Å². The van der Waals surface area contributed by atoms with Gasteiger partial charge in [0.25, 0.3) is 0 Å². The lowest BCUT2D eigenvalue weighted by Gasteiger charge is -2.14. The predicted molar refractivity (Wildman–Crippen MR) is 256 cm³/mol. The van der Waals surface area contributed by atoms with Crippen LogP contribution in [0.5, 0.6) is 0 Å². The second kappa shape index (κ2) is 13.6. The summed E-state index contributed by atoms with van der Waals surface area (Å²) in [6.45, 7) is 0. The van der Waals surface area contributed by atoms with Crippen molar-refractivity contribution < 1.29 is 4.42 Å². The minimum atomic E-state index is 0.600. The van der Waals surface area contributed by atoms with E-state index in [-0.39, 0.29) is 0 Å². The Labute approximate surface area is 355 Å². The summed E-state index contributed by atoms with van der Waals surface area (Å²) in [6, 6.07) is 72.9. The van der Waals surface area contributed by atoms with Crippen molar-refractivity contribution in [1.82, 2.24) is 19.5 Å². The molecule has 0 aliphatic heterocycles. The number of aromatic nitrogens is 4. The van der Waals surface area contributed by atoms with E-state index in [4.69, 9.17) is 19.4 Å². The third kappa shape index (κ3) is 5.32. The molecule has 0 aliphatic rings. The lowest BCUT2D eigenvalue weighted by Crippen LogP contribution is -2.00. The molecule has 288 valence electrons. The lowest BCUT2D eigenvalue weighted by molar-refractivity contribution is 0.669. The molecule has 5 nitrogen and oxygen atoms in total. The molecule has 0 N–H and O–H groups in total. The Morgan fingerprint density at radius 3 is 1.61 bits per heavy atom. The Kier molecular flexibility index (Phi) is 7.54. The zero-order chi connectivity index (χ0) is 40.7. The van der Waals surface area contributed by atoms with Crippen LogP contribution in [0.1, 0.15) is 0 Å². The van der Waals surface area contributed by atoms with E-state index in [0.717, 1.165) is 49.7 Å². The van der Waals surface area contributed by atoms with Crippen molar-refractivity contribution in [2.24, 2.45) is 0 Å². The standard InChI is InChI=1S/C57H34N4O/c1-3-14-35(15-4-1)55-58-56(60-57(59-55)46-22-13-25-53-54(46)45-21-10-12-24-52(45)62-53)38-27-30-42-40-18-7-8-19-41(40)47-32-36(26-29-43(47)48(42)34-38)37-28-31-51-49(33-37)44-20-9-11-23-50(44)61(51)39-16-5-2-6-17-39/h1-34H. The summed E-state index contributed by atoms with van der Waals surface area (Å²) in [5.74, 6) is 1.83. The molecule has 3 heterocycles. The molecule has 0 atom stereocenters. The van der Waals surface area contributed by atoms with Gasteiger partial charge in [-0.2, -0.15) is 0 Å². The molecule has 0 bridgehead atoms. The highest BCUT2D eigenvalue weighted by Gasteiger charge is 2.19. The van der Waals surface area contributed by atoms with Crippen molar-refractivity contribution in [3.05, 3.63) is 206 Å². The van der Waals surface area contributed by atoms with Gasteiger partial charge in [-0.3, -0.25) is 0 Å². The molecule has 0 spiro atoms. The fraction of sp³-hybridized carbons (Fsp3) is 0. The van der Waals surface area contributed by atoms with Crippen molar-refractivity contribution in [3.63, 3.8) is 0 Å². The van der Waals surface area contributed by atoms with Crippen LogP contribution in [-0.4, -0.2) is 19.5 Å². The number of para-hydroxylation sites is 3. The van der Waals surface area contributed by atoms with Crippen LogP contribution in [0.2, 0.25) is 0 Å². The second-order valence-corrected chi connectivity index (χ2v) is 15.9. The van der Waals surface area contributed by atoms with E-state index < -0.39 is 0 Å². The van der Waals surface area contributed by atoms with Crippen molar-refractivity contribution in [1.29, 1.82) is 0 Å². The Hall–Kier alpha value is -8.41. The summed E-state index contributed by atoms with van der Waals surface area (Å²) in [6.07, 6.45) is 0. The maximum atomic E-state index is 6.29. The van der Waals surface area contributed by atoms with Crippen LogP contribution in [0.3, 0.4) is 0 Å². The van der Waals surface area contributed by atoms with Gasteiger partial charge in [-0.1, -0.05) is 152 Å². The van der Waals surface area contributed by atoms with Gasteiger partial charge in [-0.15, -0.1) is 0 Å². The van der Waals surface area contributed by atoms with Crippen LogP contribution in [0.15, 0.2) is 211 Å². The number of benzene rings is 10. The molecule has 5 heteroatoms. The minimum absolute atomic E-state index is 0.600. The van der Waals surface area contributed by atoms with E-state index in [0.29, 0.717) is 17.5 Å². The van der Waals surface area contributed by atoms with Gasteiger partial charge in [-0.25, -0.2) is 15.0 Å². The van der Waals surface area contributed by atoms with Gasteiger partial charge >= 0.3 is 0 Å². The zero-order valence-corrected chi connectivity index (χ0v) is 33.3. The van der Waals surface area contributed by atoms with Gasteiger partial charge in [0.2, 0.25) is 0 Å². The predicted octanol–water partition coefficient (Wildman–Crippen LogP) is 15.0. The normalized spacial score (nSPS) is 11.9. The molecule has 62 heavy (non-hydrogen) atoms. The van der Waals surface area contributed by atoms with Crippen LogP contribution in [0, 0.1) is 0 Å². The molecule has 0 saturated carbocycles. The highest BCUT2D eigenvalue weighted by atomic mass is 16.3. The van der Waals surface area contributed by atoms with E-state index in [1.807, 2.05) is 60.7 Å². The Morgan fingerprint density at radius 2 is 0.823 bits per heavy atom. The molecule has 10 aromatic carbocycles. The molecule has 0 fully saturated rings. The summed E-state index contributed by atoms with van der Waals surface area (Å²) in [5.41, 5.74) is 10.3. The molecular formula is C57H34N4O.